The van der Waals surface area contributed by atoms with Crippen molar-refractivity contribution in [2.75, 3.05) is 26.2 Å². The van der Waals surface area contributed by atoms with E-state index >= 15 is 0 Å². The highest BCUT2D eigenvalue weighted by atomic mass is 35.5. The molecule has 1 atom stereocenters. The summed E-state index contributed by atoms with van der Waals surface area (Å²) in [5.41, 5.74) is 0.594. The number of hydrogen-bond acceptors (Lipinski definition) is 3. The molecule has 148 valence electrons. The summed E-state index contributed by atoms with van der Waals surface area (Å²) in [7, 11) is 0. The Morgan fingerprint density at radius 2 is 1.69 bits per heavy atom. The lowest BCUT2D eigenvalue weighted by molar-refractivity contribution is -0.253. The van der Waals surface area contributed by atoms with Crippen LogP contribution in [0.3, 0.4) is 0 Å². The fourth-order valence-electron chi connectivity index (χ4n) is 3.99. The van der Waals surface area contributed by atoms with Crippen LogP contribution in [0.15, 0.2) is 24.3 Å². The van der Waals surface area contributed by atoms with E-state index in [1.54, 1.807) is 18.2 Å². The van der Waals surface area contributed by atoms with Gasteiger partial charge >= 0.3 is 12.5 Å². The van der Waals surface area contributed by atoms with Gasteiger partial charge in [0.15, 0.2) is 0 Å². The molecule has 1 aromatic rings. The molecule has 8 heteroatoms. The number of para-hydroxylation sites is 1. The van der Waals surface area contributed by atoms with Crippen molar-refractivity contribution in [3.05, 3.63) is 29.8 Å². The van der Waals surface area contributed by atoms with Gasteiger partial charge in [-0.3, -0.25) is 4.90 Å². The van der Waals surface area contributed by atoms with Crippen molar-refractivity contribution in [1.29, 1.82) is 0 Å². The summed E-state index contributed by atoms with van der Waals surface area (Å²) in [5, 5.41) is 3.29. The van der Waals surface area contributed by atoms with E-state index in [1.807, 2.05) is 0 Å². The fourth-order valence-corrected chi connectivity index (χ4v) is 3.99. The Hall–Kier alpha value is -1.05. The first-order valence-corrected chi connectivity index (χ1v) is 8.87. The van der Waals surface area contributed by atoms with Crippen molar-refractivity contribution >= 4 is 12.4 Å². The molecule has 1 heterocycles. The first kappa shape index (κ1) is 21.3. The molecule has 0 bridgehead atoms. The van der Waals surface area contributed by atoms with Crippen molar-refractivity contribution in [1.82, 2.24) is 10.2 Å². The molecule has 26 heavy (non-hydrogen) atoms. The minimum absolute atomic E-state index is 0. The maximum Gasteiger partial charge on any atom is 0.461 e. The molecular weight excluding hydrogens is 372 g/mol. The fraction of sp³-hybridized carbons (Fsp3) is 0.667. The van der Waals surface area contributed by atoms with E-state index in [0.29, 0.717) is 11.5 Å². The summed E-state index contributed by atoms with van der Waals surface area (Å²) in [6.07, 6.45) is -4.07. The average Bonchev–Trinajstić information content (AvgIpc) is 3.11. The van der Waals surface area contributed by atoms with Gasteiger partial charge < -0.3 is 10.1 Å². The smallest absolute Gasteiger partial charge is 0.428 e. The maximum atomic E-state index is 13.5. The van der Waals surface area contributed by atoms with Crippen LogP contribution in [-0.2, 0) is 0 Å². The highest BCUT2D eigenvalue weighted by Crippen LogP contribution is 2.43. The van der Waals surface area contributed by atoms with E-state index in [-0.39, 0.29) is 24.2 Å². The van der Waals surface area contributed by atoms with Gasteiger partial charge in [-0.15, -0.1) is 12.4 Å². The second-order valence-electron chi connectivity index (χ2n) is 6.78. The van der Waals surface area contributed by atoms with E-state index in [0.717, 1.165) is 51.9 Å². The minimum Gasteiger partial charge on any atom is -0.428 e. The number of ether oxygens (including phenoxy) is 1. The molecule has 0 aromatic heterocycles. The Morgan fingerprint density at radius 1 is 1.08 bits per heavy atom. The zero-order valence-corrected chi connectivity index (χ0v) is 15.3. The van der Waals surface area contributed by atoms with Crippen LogP contribution in [0.2, 0.25) is 0 Å². The number of alkyl halides is 4. The summed E-state index contributed by atoms with van der Waals surface area (Å²) in [5.74, 6) is 0.200. The summed E-state index contributed by atoms with van der Waals surface area (Å²) in [6, 6.07) is 6.34. The van der Waals surface area contributed by atoms with E-state index in [1.165, 1.54) is 6.07 Å². The van der Waals surface area contributed by atoms with E-state index in [4.69, 9.17) is 0 Å². The summed E-state index contributed by atoms with van der Waals surface area (Å²) >= 11 is 0. The quantitative estimate of drug-likeness (QED) is 0.717. The minimum atomic E-state index is -4.49. The van der Waals surface area contributed by atoms with Crippen molar-refractivity contribution in [3.8, 4) is 5.75 Å². The van der Waals surface area contributed by atoms with Gasteiger partial charge in [0.1, 0.15) is 5.75 Å². The van der Waals surface area contributed by atoms with Crippen LogP contribution in [0.5, 0.6) is 5.75 Å². The maximum absolute atomic E-state index is 13.5. The van der Waals surface area contributed by atoms with Gasteiger partial charge in [0, 0.05) is 37.8 Å². The highest BCUT2D eigenvalue weighted by Gasteiger charge is 2.45. The molecule has 1 saturated heterocycles. The van der Waals surface area contributed by atoms with Crippen LogP contribution in [0.1, 0.15) is 37.3 Å². The lowest BCUT2D eigenvalue weighted by atomic mass is 9.89. The molecule has 3 rings (SSSR count). The average molecular weight is 397 g/mol. The normalized spacial score (nSPS) is 20.8. The number of hydrogen-bond donors (Lipinski definition) is 1. The Labute approximate surface area is 157 Å². The predicted octanol–water partition coefficient (Wildman–Crippen LogP) is 4.48. The zero-order valence-electron chi connectivity index (χ0n) is 14.5. The molecule has 1 aliphatic heterocycles. The standard InChI is InChI=1S/C18H24F4N2O.ClH/c19-17(20)18(21,22)25-15-8-4-3-7-14(15)16(13-5-1-2-6-13)24-11-9-23-10-12-24;/h3-4,7-8,13,16-17,23H,1-2,5-6,9-12H2;1H/t16-;/m0./s1. The number of piperazine rings is 1. The van der Waals surface area contributed by atoms with Gasteiger partial charge in [0.2, 0.25) is 0 Å². The Morgan fingerprint density at radius 3 is 2.31 bits per heavy atom. The van der Waals surface area contributed by atoms with Crippen LogP contribution in [-0.4, -0.2) is 43.6 Å². The van der Waals surface area contributed by atoms with Crippen molar-refractivity contribution in [2.24, 2.45) is 5.92 Å². The SMILES string of the molecule is Cl.FC(F)C(F)(F)Oc1ccccc1[C@H](C1CCCC1)N1CCNCC1. The molecule has 0 spiro atoms. The monoisotopic (exact) mass is 396 g/mol. The third-order valence-corrected chi connectivity index (χ3v) is 5.13. The van der Waals surface area contributed by atoms with Crippen molar-refractivity contribution in [3.63, 3.8) is 0 Å². The molecular formula is C18H25ClF4N2O. The molecule has 1 saturated carbocycles. The van der Waals surface area contributed by atoms with Crippen LogP contribution < -0.4 is 10.1 Å². The molecule has 2 aliphatic rings. The lowest BCUT2D eigenvalue weighted by Crippen LogP contribution is -2.47. The number of rotatable bonds is 6. The van der Waals surface area contributed by atoms with Crippen LogP contribution in [0.4, 0.5) is 17.6 Å². The molecule has 3 nitrogen and oxygen atoms in total. The second kappa shape index (κ2) is 9.24. The highest BCUT2D eigenvalue weighted by molar-refractivity contribution is 5.85. The molecule has 0 unspecified atom stereocenters. The molecule has 0 radical (unpaired) electrons. The van der Waals surface area contributed by atoms with E-state index < -0.39 is 12.5 Å². The summed E-state index contributed by atoms with van der Waals surface area (Å²) in [4.78, 5) is 2.27. The first-order valence-electron chi connectivity index (χ1n) is 8.87. The van der Waals surface area contributed by atoms with E-state index in [9.17, 15) is 17.6 Å². The Balaban J connectivity index is 0.00000243. The zero-order chi connectivity index (χ0) is 17.9. The topological polar surface area (TPSA) is 24.5 Å². The van der Waals surface area contributed by atoms with E-state index in [2.05, 4.69) is 15.0 Å². The molecule has 0 amide bonds. The van der Waals surface area contributed by atoms with Gasteiger partial charge in [-0.2, -0.15) is 17.6 Å². The van der Waals surface area contributed by atoms with Crippen LogP contribution in [0.25, 0.3) is 0 Å². The lowest BCUT2D eigenvalue weighted by Gasteiger charge is -2.39. The molecule has 1 aromatic carbocycles. The van der Waals surface area contributed by atoms with Crippen LogP contribution in [0, 0.1) is 5.92 Å². The Bertz CT molecular complexity index is 564. The van der Waals surface area contributed by atoms with Gasteiger partial charge in [-0.1, -0.05) is 31.0 Å². The summed E-state index contributed by atoms with van der Waals surface area (Å²) in [6.45, 7) is 3.28. The van der Waals surface area contributed by atoms with Crippen molar-refractivity contribution in [2.45, 2.75) is 44.3 Å². The number of halogens is 5. The second-order valence-corrected chi connectivity index (χ2v) is 6.78. The predicted molar refractivity (Wildman–Crippen MR) is 94.4 cm³/mol. The Kier molecular flexibility index (Phi) is 7.55. The first-order chi connectivity index (χ1) is 12.0. The van der Waals surface area contributed by atoms with Gasteiger partial charge in [0.05, 0.1) is 0 Å². The molecule has 1 N–H and O–H groups in total. The largest absolute Gasteiger partial charge is 0.461 e. The van der Waals surface area contributed by atoms with Gasteiger partial charge in [-0.05, 0) is 24.8 Å². The molecule has 1 aliphatic carbocycles. The number of nitrogens with zero attached hydrogens (tertiary/aromatic N) is 1. The number of benzene rings is 1. The summed E-state index contributed by atoms with van der Waals surface area (Å²) < 4.78 is 56.7. The van der Waals surface area contributed by atoms with Gasteiger partial charge in [0.25, 0.3) is 0 Å². The number of nitrogens with one attached hydrogen (secondary N) is 1. The van der Waals surface area contributed by atoms with Crippen molar-refractivity contribution < 1.29 is 22.3 Å². The van der Waals surface area contributed by atoms with Gasteiger partial charge in [-0.25, -0.2) is 0 Å². The molecule has 2 fully saturated rings. The van der Waals surface area contributed by atoms with Crippen LogP contribution >= 0.6 is 12.4 Å². The third kappa shape index (κ3) is 4.81. The third-order valence-electron chi connectivity index (χ3n) is 5.13.